The maximum atomic E-state index is 14.0. The average molecular weight is 490 g/mol. The molecule has 1 spiro atoms. The molecule has 35 heavy (non-hydrogen) atoms. The summed E-state index contributed by atoms with van der Waals surface area (Å²) < 4.78 is 10.4. The third-order valence-electron chi connectivity index (χ3n) is 6.07. The molecule has 2 aliphatic heterocycles. The maximum Gasteiger partial charge on any atom is 0.269 e. The lowest BCUT2D eigenvalue weighted by Crippen LogP contribution is -2.50. The topological polar surface area (TPSA) is 88.2 Å². The molecule has 5 rings (SSSR count). The molecule has 3 amide bonds. The highest BCUT2D eigenvalue weighted by molar-refractivity contribution is 8.02. The van der Waals surface area contributed by atoms with Crippen LogP contribution >= 0.6 is 11.8 Å². The number of rotatable bonds is 6. The highest BCUT2D eigenvalue weighted by Gasteiger charge is 2.61. The number of methoxy groups -OCH3 is 2. The van der Waals surface area contributed by atoms with Crippen molar-refractivity contribution in [1.82, 2.24) is 0 Å². The molecule has 178 valence electrons. The van der Waals surface area contributed by atoms with E-state index in [-0.39, 0.29) is 30.0 Å². The summed E-state index contributed by atoms with van der Waals surface area (Å²) in [6.45, 7) is -0.186. The zero-order valence-electron chi connectivity index (χ0n) is 19.2. The summed E-state index contributed by atoms with van der Waals surface area (Å²) in [6.07, 6.45) is 0. The largest absolute Gasteiger partial charge is 0.497 e. The fourth-order valence-corrected chi connectivity index (χ4v) is 5.82. The molecule has 3 aromatic rings. The molecular formula is C26H23N3O5S. The number of para-hydroxylation sites is 1. The van der Waals surface area contributed by atoms with Gasteiger partial charge in [0.2, 0.25) is 16.7 Å². The lowest BCUT2D eigenvalue weighted by Gasteiger charge is -2.33. The van der Waals surface area contributed by atoms with E-state index in [0.29, 0.717) is 34.1 Å². The van der Waals surface area contributed by atoms with Gasteiger partial charge in [-0.15, -0.1) is 11.8 Å². The summed E-state index contributed by atoms with van der Waals surface area (Å²) in [4.78, 5) is 41.7. The predicted molar refractivity (Wildman–Crippen MR) is 135 cm³/mol. The van der Waals surface area contributed by atoms with Crippen molar-refractivity contribution in [2.24, 2.45) is 0 Å². The molecule has 0 unspecified atom stereocenters. The number of fused-ring (bicyclic) bond motifs is 2. The summed E-state index contributed by atoms with van der Waals surface area (Å²) in [5.41, 5.74) is 2.49. The molecule has 0 aromatic heterocycles. The molecular weight excluding hydrogens is 466 g/mol. The number of benzene rings is 3. The lowest BCUT2D eigenvalue weighted by molar-refractivity contribution is -0.124. The van der Waals surface area contributed by atoms with Crippen LogP contribution in [0.15, 0.2) is 72.8 Å². The highest BCUT2D eigenvalue weighted by atomic mass is 32.2. The molecule has 1 N–H and O–H groups in total. The Hall–Kier alpha value is -3.98. The monoisotopic (exact) mass is 489 g/mol. The van der Waals surface area contributed by atoms with Crippen LogP contribution in [-0.2, 0) is 19.3 Å². The number of nitrogens with one attached hydrogen (secondary N) is 1. The fourth-order valence-electron chi connectivity index (χ4n) is 4.46. The minimum Gasteiger partial charge on any atom is -0.497 e. The van der Waals surface area contributed by atoms with Crippen molar-refractivity contribution in [3.05, 3.63) is 78.4 Å². The number of hydrogen-bond acceptors (Lipinski definition) is 6. The van der Waals surface area contributed by atoms with Gasteiger partial charge < -0.3 is 14.8 Å². The number of ether oxygens (including phenoxy) is 2. The van der Waals surface area contributed by atoms with Gasteiger partial charge in [0.15, 0.2) is 0 Å². The van der Waals surface area contributed by atoms with Gasteiger partial charge in [0, 0.05) is 16.9 Å². The normalized spacial score (nSPS) is 18.7. The second-order valence-electron chi connectivity index (χ2n) is 8.04. The van der Waals surface area contributed by atoms with Crippen LogP contribution in [0.1, 0.15) is 5.56 Å². The first-order valence-corrected chi connectivity index (χ1v) is 11.9. The second-order valence-corrected chi connectivity index (χ2v) is 9.21. The molecule has 1 atom stereocenters. The van der Waals surface area contributed by atoms with E-state index in [1.807, 2.05) is 18.2 Å². The van der Waals surface area contributed by atoms with Crippen LogP contribution in [0.3, 0.4) is 0 Å². The molecule has 2 heterocycles. The Kier molecular flexibility index (Phi) is 5.86. The van der Waals surface area contributed by atoms with Crippen molar-refractivity contribution in [3.63, 3.8) is 0 Å². The fraction of sp³-hybridized carbons (Fsp3) is 0.192. The molecule has 2 aliphatic rings. The van der Waals surface area contributed by atoms with Crippen molar-refractivity contribution >= 4 is 46.5 Å². The average Bonchev–Trinajstić information content (AvgIpc) is 3.35. The van der Waals surface area contributed by atoms with E-state index in [4.69, 9.17) is 9.47 Å². The SMILES string of the molecule is COc1ccc(NC(=O)CN2C(=O)[C@@]3(SCC(=O)N3c3ccc(OC)cc3)c3ccccc32)cc1. The molecule has 0 radical (unpaired) electrons. The van der Waals surface area contributed by atoms with E-state index < -0.39 is 4.87 Å². The minimum atomic E-state index is -1.28. The number of amides is 3. The zero-order chi connectivity index (χ0) is 24.6. The Labute approximate surface area is 206 Å². The molecule has 0 aliphatic carbocycles. The van der Waals surface area contributed by atoms with Gasteiger partial charge >= 0.3 is 0 Å². The van der Waals surface area contributed by atoms with Gasteiger partial charge in [-0.05, 0) is 54.6 Å². The molecule has 0 saturated carbocycles. The predicted octanol–water partition coefficient (Wildman–Crippen LogP) is 3.62. The van der Waals surface area contributed by atoms with E-state index in [9.17, 15) is 14.4 Å². The third-order valence-corrected chi connectivity index (χ3v) is 7.46. The summed E-state index contributed by atoms with van der Waals surface area (Å²) in [6, 6.07) is 21.3. The molecule has 0 bridgehead atoms. The van der Waals surface area contributed by atoms with Crippen LogP contribution in [0.5, 0.6) is 11.5 Å². The number of nitrogens with zero attached hydrogens (tertiary/aromatic N) is 2. The van der Waals surface area contributed by atoms with Crippen LogP contribution in [0.2, 0.25) is 0 Å². The van der Waals surface area contributed by atoms with Crippen molar-refractivity contribution in [2.45, 2.75) is 4.87 Å². The third kappa shape index (κ3) is 3.77. The van der Waals surface area contributed by atoms with E-state index in [0.717, 1.165) is 0 Å². The smallest absolute Gasteiger partial charge is 0.269 e. The zero-order valence-corrected chi connectivity index (χ0v) is 20.0. The van der Waals surface area contributed by atoms with Gasteiger partial charge in [-0.3, -0.25) is 24.2 Å². The molecule has 1 saturated heterocycles. The first-order valence-electron chi connectivity index (χ1n) is 10.9. The summed E-state index contributed by atoms with van der Waals surface area (Å²) in [5.74, 6) is 0.633. The Balaban J connectivity index is 1.47. The van der Waals surface area contributed by atoms with Crippen LogP contribution < -0.4 is 24.6 Å². The standard InChI is InChI=1S/C26H23N3O5S/c1-33-19-11-7-17(8-12-19)27-23(30)15-28-22-6-4-3-5-21(22)26(25(28)32)29(24(31)16-35-26)18-9-13-20(34-2)14-10-18/h3-14H,15-16H2,1-2H3,(H,27,30)/t26-/m0/s1. The number of anilines is 3. The van der Waals surface area contributed by atoms with Gasteiger partial charge in [0.05, 0.1) is 25.7 Å². The van der Waals surface area contributed by atoms with Crippen molar-refractivity contribution in [3.8, 4) is 11.5 Å². The van der Waals surface area contributed by atoms with Crippen LogP contribution in [0, 0.1) is 0 Å². The Morgan fingerprint density at radius 2 is 1.57 bits per heavy atom. The number of carbonyl (C=O) groups is 3. The Bertz CT molecular complexity index is 1300. The lowest BCUT2D eigenvalue weighted by atomic mass is 10.0. The van der Waals surface area contributed by atoms with E-state index >= 15 is 0 Å². The summed E-state index contributed by atoms with van der Waals surface area (Å²) >= 11 is 1.27. The van der Waals surface area contributed by atoms with Crippen molar-refractivity contribution < 1.29 is 23.9 Å². The van der Waals surface area contributed by atoms with Crippen LogP contribution in [-0.4, -0.2) is 44.2 Å². The van der Waals surface area contributed by atoms with E-state index in [1.165, 1.54) is 16.7 Å². The summed E-state index contributed by atoms with van der Waals surface area (Å²) in [5, 5.41) is 2.83. The van der Waals surface area contributed by atoms with Crippen LogP contribution in [0.4, 0.5) is 17.1 Å². The van der Waals surface area contributed by atoms with Gasteiger partial charge in [-0.2, -0.15) is 0 Å². The van der Waals surface area contributed by atoms with Gasteiger partial charge in [0.1, 0.15) is 18.0 Å². The van der Waals surface area contributed by atoms with Crippen LogP contribution in [0.25, 0.3) is 0 Å². The quantitative estimate of drug-likeness (QED) is 0.569. The molecule has 1 fully saturated rings. The molecule has 8 nitrogen and oxygen atoms in total. The first kappa shape index (κ1) is 22.8. The van der Waals surface area contributed by atoms with E-state index in [2.05, 4.69) is 5.32 Å². The summed E-state index contributed by atoms with van der Waals surface area (Å²) in [7, 11) is 3.14. The van der Waals surface area contributed by atoms with Crippen molar-refractivity contribution in [1.29, 1.82) is 0 Å². The number of hydrogen-bond donors (Lipinski definition) is 1. The Morgan fingerprint density at radius 1 is 0.943 bits per heavy atom. The first-order chi connectivity index (χ1) is 17.0. The van der Waals surface area contributed by atoms with Gasteiger partial charge in [0.25, 0.3) is 5.91 Å². The molecule has 3 aromatic carbocycles. The Morgan fingerprint density at radius 3 is 2.23 bits per heavy atom. The van der Waals surface area contributed by atoms with Gasteiger partial charge in [-0.25, -0.2) is 0 Å². The number of thioether (sulfide) groups is 1. The second kappa shape index (κ2) is 8.99. The van der Waals surface area contributed by atoms with E-state index in [1.54, 1.807) is 73.7 Å². The maximum absolute atomic E-state index is 14.0. The van der Waals surface area contributed by atoms with Crippen molar-refractivity contribution in [2.75, 3.05) is 41.6 Å². The number of carbonyl (C=O) groups excluding carboxylic acids is 3. The minimum absolute atomic E-state index is 0.151. The highest BCUT2D eigenvalue weighted by Crippen LogP contribution is 2.55. The van der Waals surface area contributed by atoms with Gasteiger partial charge in [-0.1, -0.05) is 18.2 Å². The molecule has 9 heteroatoms.